The SMILES string of the molecule is C#Cc1ncc(B2OC(C)(C)C(C)(C)O2)cc1C. The minimum absolute atomic E-state index is 0.337. The first-order chi connectivity index (χ1) is 8.27. The van der Waals surface area contributed by atoms with E-state index in [2.05, 4.69) is 10.9 Å². The van der Waals surface area contributed by atoms with E-state index < -0.39 is 0 Å². The molecule has 0 unspecified atom stereocenters. The van der Waals surface area contributed by atoms with Crippen LogP contribution in [0.2, 0.25) is 0 Å². The number of hydrogen-bond acceptors (Lipinski definition) is 3. The van der Waals surface area contributed by atoms with Gasteiger partial charge in [-0.2, -0.15) is 0 Å². The summed E-state index contributed by atoms with van der Waals surface area (Å²) < 4.78 is 11.9. The highest BCUT2D eigenvalue weighted by Gasteiger charge is 2.51. The lowest BCUT2D eigenvalue weighted by Crippen LogP contribution is -2.41. The van der Waals surface area contributed by atoms with Gasteiger partial charge in [0.05, 0.1) is 11.2 Å². The van der Waals surface area contributed by atoms with Crippen molar-refractivity contribution in [1.29, 1.82) is 0 Å². The van der Waals surface area contributed by atoms with E-state index in [1.54, 1.807) is 6.20 Å². The van der Waals surface area contributed by atoms with Crippen LogP contribution >= 0.6 is 0 Å². The molecule has 4 heteroatoms. The van der Waals surface area contributed by atoms with Gasteiger partial charge in [-0.05, 0) is 46.1 Å². The molecule has 1 aromatic rings. The van der Waals surface area contributed by atoms with E-state index in [1.165, 1.54) is 0 Å². The molecule has 94 valence electrons. The largest absolute Gasteiger partial charge is 0.496 e. The highest BCUT2D eigenvalue weighted by Crippen LogP contribution is 2.36. The molecule has 0 saturated carbocycles. The van der Waals surface area contributed by atoms with Gasteiger partial charge in [-0.25, -0.2) is 4.98 Å². The van der Waals surface area contributed by atoms with Crippen molar-refractivity contribution < 1.29 is 9.31 Å². The van der Waals surface area contributed by atoms with E-state index >= 15 is 0 Å². The van der Waals surface area contributed by atoms with Crippen LogP contribution in [0, 0.1) is 19.3 Å². The summed E-state index contributed by atoms with van der Waals surface area (Å²) in [5.41, 5.74) is 1.86. The van der Waals surface area contributed by atoms with E-state index in [4.69, 9.17) is 15.7 Å². The summed E-state index contributed by atoms with van der Waals surface area (Å²) >= 11 is 0. The van der Waals surface area contributed by atoms with Crippen LogP contribution in [0.1, 0.15) is 39.0 Å². The highest BCUT2D eigenvalue weighted by molar-refractivity contribution is 6.62. The Hall–Kier alpha value is -1.31. The van der Waals surface area contributed by atoms with Crippen molar-refractivity contribution in [3.8, 4) is 12.3 Å². The second-order valence-electron chi connectivity index (χ2n) is 5.67. The van der Waals surface area contributed by atoms with E-state index in [-0.39, 0.29) is 18.3 Å². The Morgan fingerprint density at radius 3 is 2.22 bits per heavy atom. The molecule has 0 atom stereocenters. The van der Waals surface area contributed by atoms with Crippen LogP contribution in [0.5, 0.6) is 0 Å². The van der Waals surface area contributed by atoms with Crippen LogP contribution in [-0.2, 0) is 9.31 Å². The third kappa shape index (κ3) is 2.05. The standard InChI is InChI=1S/C14H18BNO2/c1-7-12-10(2)8-11(9-16-12)15-17-13(3,4)14(5,6)18-15/h1,8-9H,2-6H3. The van der Waals surface area contributed by atoms with Crippen molar-refractivity contribution in [2.24, 2.45) is 0 Å². The number of rotatable bonds is 1. The molecular formula is C14H18BNO2. The highest BCUT2D eigenvalue weighted by atomic mass is 16.7. The number of aromatic nitrogens is 1. The van der Waals surface area contributed by atoms with Crippen molar-refractivity contribution in [1.82, 2.24) is 4.98 Å². The summed E-state index contributed by atoms with van der Waals surface area (Å²) in [7, 11) is -0.381. The van der Waals surface area contributed by atoms with Gasteiger partial charge in [0, 0.05) is 11.7 Å². The number of hydrogen-bond donors (Lipinski definition) is 0. The van der Waals surface area contributed by atoms with Crippen molar-refractivity contribution in [2.75, 3.05) is 0 Å². The molecule has 0 amide bonds. The van der Waals surface area contributed by atoms with Gasteiger partial charge in [0.25, 0.3) is 0 Å². The summed E-state index contributed by atoms with van der Waals surface area (Å²) in [5.74, 6) is 2.55. The average Bonchev–Trinajstić information content (AvgIpc) is 2.48. The Morgan fingerprint density at radius 2 is 1.78 bits per heavy atom. The summed E-state index contributed by atoms with van der Waals surface area (Å²) in [6.07, 6.45) is 7.09. The molecule has 0 aromatic carbocycles. The smallest absolute Gasteiger partial charge is 0.399 e. The molecule has 0 aliphatic carbocycles. The minimum atomic E-state index is -0.381. The molecule has 0 bridgehead atoms. The maximum atomic E-state index is 5.96. The van der Waals surface area contributed by atoms with Crippen LogP contribution in [0.4, 0.5) is 0 Å². The third-order valence-electron chi connectivity index (χ3n) is 3.76. The van der Waals surface area contributed by atoms with E-state index in [0.717, 1.165) is 11.0 Å². The number of aryl methyl sites for hydroxylation is 1. The molecule has 18 heavy (non-hydrogen) atoms. The third-order valence-corrected chi connectivity index (χ3v) is 3.76. The molecule has 1 saturated heterocycles. The Balaban J connectivity index is 2.31. The molecule has 1 aliphatic rings. The molecule has 2 rings (SSSR count). The fourth-order valence-electron chi connectivity index (χ4n) is 1.86. The van der Waals surface area contributed by atoms with Crippen molar-refractivity contribution in [3.05, 3.63) is 23.5 Å². The zero-order valence-electron chi connectivity index (χ0n) is 11.6. The fraction of sp³-hybridized carbons (Fsp3) is 0.500. The number of nitrogens with zero attached hydrogens (tertiary/aromatic N) is 1. The molecule has 3 nitrogen and oxygen atoms in total. The first kappa shape index (κ1) is 13.1. The molecule has 1 aliphatic heterocycles. The van der Waals surface area contributed by atoms with Crippen LogP contribution in [0.25, 0.3) is 0 Å². The Morgan fingerprint density at radius 1 is 1.22 bits per heavy atom. The van der Waals surface area contributed by atoms with Crippen molar-refractivity contribution in [2.45, 2.75) is 45.8 Å². The van der Waals surface area contributed by atoms with Crippen LogP contribution in [0.15, 0.2) is 12.3 Å². The van der Waals surface area contributed by atoms with Gasteiger partial charge in [-0.3, -0.25) is 0 Å². The first-order valence-electron chi connectivity index (χ1n) is 6.05. The monoisotopic (exact) mass is 243 g/mol. The van der Waals surface area contributed by atoms with Gasteiger partial charge in [0.15, 0.2) is 0 Å². The average molecular weight is 243 g/mol. The maximum absolute atomic E-state index is 5.96. The fourth-order valence-corrected chi connectivity index (χ4v) is 1.86. The molecule has 1 fully saturated rings. The number of pyridine rings is 1. The van der Waals surface area contributed by atoms with Gasteiger partial charge in [0.2, 0.25) is 0 Å². The Labute approximate surface area is 109 Å². The summed E-state index contributed by atoms with van der Waals surface area (Å²) in [5, 5.41) is 0. The predicted molar refractivity (Wildman–Crippen MR) is 72.6 cm³/mol. The van der Waals surface area contributed by atoms with Crippen LogP contribution in [0.3, 0.4) is 0 Å². The topological polar surface area (TPSA) is 31.4 Å². The van der Waals surface area contributed by atoms with Gasteiger partial charge in [-0.15, -0.1) is 6.42 Å². The zero-order chi connectivity index (χ0) is 13.6. The summed E-state index contributed by atoms with van der Waals surface area (Å²) in [6, 6.07) is 1.98. The molecule has 0 spiro atoms. The van der Waals surface area contributed by atoms with Gasteiger partial charge in [0.1, 0.15) is 5.69 Å². The molecule has 2 heterocycles. The number of terminal acetylenes is 1. The van der Waals surface area contributed by atoms with E-state index in [1.807, 2.05) is 40.7 Å². The molecule has 0 N–H and O–H groups in total. The lowest BCUT2D eigenvalue weighted by molar-refractivity contribution is 0.00578. The van der Waals surface area contributed by atoms with Crippen molar-refractivity contribution in [3.63, 3.8) is 0 Å². The van der Waals surface area contributed by atoms with Gasteiger partial charge >= 0.3 is 7.12 Å². The second-order valence-corrected chi connectivity index (χ2v) is 5.67. The van der Waals surface area contributed by atoms with E-state index in [9.17, 15) is 0 Å². The van der Waals surface area contributed by atoms with Crippen molar-refractivity contribution >= 4 is 12.6 Å². The maximum Gasteiger partial charge on any atom is 0.496 e. The summed E-state index contributed by atoms with van der Waals surface area (Å²) in [6.45, 7) is 10.1. The first-order valence-corrected chi connectivity index (χ1v) is 6.05. The quantitative estimate of drug-likeness (QED) is 0.555. The molecule has 0 radical (unpaired) electrons. The molecular weight excluding hydrogens is 225 g/mol. The van der Waals surface area contributed by atoms with E-state index in [0.29, 0.717) is 5.69 Å². The minimum Gasteiger partial charge on any atom is -0.399 e. The lowest BCUT2D eigenvalue weighted by Gasteiger charge is -2.32. The summed E-state index contributed by atoms with van der Waals surface area (Å²) in [4.78, 5) is 4.24. The van der Waals surface area contributed by atoms with Crippen LogP contribution < -0.4 is 5.46 Å². The van der Waals surface area contributed by atoms with Gasteiger partial charge in [-0.1, -0.05) is 6.07 Å². The second kappa shape index (κ2) is 4.12. The van der Waals surface area contributed by atoms with Gasteiger partial charge < -0.3 is 9.31 Å². The Kier molecular flexibility index (Phi) is 3.00. The van der Waals surface area contributed by atoms with Crippen LogP contribution in [-0.4, -0.2) is 23.3 Å². The Bertz CT molecular complexity index is 501. The lowest BCUT2D eigenvalue weighted by atomic mass is 9.79. The normalized spacial score (nSPS) is 20.8. The molecule has 1 aromatic heterocycles. The predicted octanol–water partition coefficient (Wildman–Crippen LogP) is 1.67. The zero-order valence-corrected chi connectivity index (χ0v) is 11.6.